The molecule has 108 valence electrons. The molecule has 1 spiro atoms. The van der Waals surface area contributed by atoms with Gasteiger partial charge in [-0.2, -0.15) is 0 Å². The summed E-state index contributed by atoms with van der Waals surface area (Å²) < 4.78 is 0. The molecule has 1 aliphatic carbocycles. The van der Waals surface area contributed by atoms with Crippen LogP contribution in [0, 0.1) is 19.3 Å². The monoisotopic (exact) mass is 273 g/mol. The van der Waals surface area contributed by atoms with Crippen LogP contribution in [0.2, 0.25) is 0 Å². The zero-order valence-electron chi connectivity index (χ0n) is 12.4. The highest BCUT2D eigenvalue weighted by Gasteiger charge is 2.46. The number of likely N-dealkylation sites (tertiary alicyclic amines) is 1. The number of rotatable bonds is 1. The van der Waals surface area contributed by atoms with Gasteiger partial charge in [-0.25, -0.2) is 4.79 Å². The van der Waals surface area contributed by atoms with E-state index in [0.717, 1.165) is 25.9 Å². The number of piperidine rings is 1. The average Bonchev–Trinajstić information content (AvgIpc) is 2.39. The zero-order chi connectivity index (χ0) is 14.3. The molecule has 1 aliphatic heterocycles. The van der Waals surface area contributed by atoms with E-state index >= 15 is 0 Å². The number of nitrogens with zero attached hydrogens (tertiary/aromatic N) is 1. The number of carboxylic acid groups (broad SMARTS) is 1. The summed E-state index contributed by atoms with van der Waals surface area (Å²) in [5, 5.41) is 9.02. The van der Waals surface area contributed by atoms with Crippen molar-refractivity contribution in [3.63, 3.8) is 0 Å². The SMILES string of the molecule is Cc1cccc(C2CC3(CCN(C(=O)O)CC3)C2)c1C. The van der Waals surface area contributed by atoms with Gasteiger partial charge in [0.15, 0.2) is 0 Å². The molecule has 1 amide bonds. The summed E-state index contributed by atoms with van der Waals surface area (Å²) in [4.78, 5) is 12.5. The van der Waals surface area contributed by atoms with Gasteiger partial charge in [0.2, 0.25) is 0 Å². The van der Waals surface area contributed by atoms with Gasteiger partial charge in [0, 0.05) is 13.1 Å². The van der Waals surface area contributed by atoms with Crippen LogP contribution in [0.4, 0.5) is 4.79 Å². The summed E-state index contributed by atoms with van der Waals surface area (Å²) in [6.07, 6.45) is 3.81. The zero-order valence-corrected chi connectivity index (χ0v) is 12.4. The van der Waals surface area contributed by atoms with E-state index in [1.54, 1.807) is 4.90 Å². The lowest BCUT2D eigenvalue weighted by molar-refractivity contribution is 0.0187. The molecule has 1 heterocycles. The highest BCUT2D eigenvalue weighted by molar-refractivity contribution is 5.65. The molecule has 20 heavy (non-hydrogen) atoms. The lowest BCUT2D eigenvalue weighted by atomic mass is 9.55. The molecule has 3 nitrogen and oxygen atoms in total. The Morgan fingerprint density at radius 1 is 1.25 bits per heavy atom. The van der Waals surface area contributed by atoms with E-state index in [4.69, 9.17) is 5.11 Å². The van der Waals surface area contributed by atoms with Crippen molar-refractivity contribution in [2.45, 2.75) is 45.4 Å². The van der Waals surface area contributed by atoms with Gasteiger partial charge < -0.3 is 10.0 Å². The fraction of sp³-hybridized carbons (Fsp3) is 0.588. The van der Waals surface area contributed by atoms with Crippen molar-refractivity contribution in [1.82, 2.24) is 4.90 Å². The molecule has 1 N–H and O–H groups in total. The number of hydrogen-bond acceptors (Lipinski definition) is 1. The Labute approximate surface area is 120 Å². The highest BCUT2D eigenvalue weighted by Crippen LogP contribution is 2.57. The fourth-order valence-electron chi connectivity index (χ4n) is 4.00. The van der Waals surface area contributed by atoms with Crippen molar-refractivity contribution in [3.05, 3.63) is 34.9 Å². The van der Waals surface area contributed by atoms with Crippen LogP contribution in [0.25, 0.3) is 0 Å². The minimum atomic E-state index is -0.759. The maximum Gasteiger partial charge on any atom is 0.407 e. The Morgan fingerprint density at radius 2 is 1.90 bits per heavy atom. The van der Waals surface area contributed by atoms with Crippen molar-refractivity contribution in [1.29, 1.82) is 0 Å². The number of carbonyl (C=O) groups is 1. The van der Waals surface area contributed by atoms with Crippen molar-refractivity contribution in [2.75, 3.05) is 13.1 Å². The van der Waals surface area contributed by atoms with E-state index < -0.39 is 6.09 Å². The normalized spacial score (nSPS) is 21.8. The second-order valence-corrected chi connectivity index (χ2v) is 6.66. The van der Waals surface area contributed by atoms with Gasteiger partial charge in [0.1, 0.15) is 0 Å². The topological polar surface area (TPSA) is 40.5 Å². The number of aryl methyl sites for hydroxylation is 1. The Balaban J connectivity index is 1.64. The average molecular weight is 273 g/mol. The molecule has 1 aromatic rings. The van der Waals surface area contributed by atoms with Crippen LogP contribution in [0.3, 0.4) is 0 Å². The molecule has 0 radical (unpaired) electrons. The summed E-state index contributed by atoms with van der Waals surface area (Å²) in [5.74, 6) is 0.686. The summed E-state index contributed by atoms with van der Waals surface area (Å²) in [6, 6.07) is 6.61. The second kappa shape index (κ2) is 4.80. The molecule has 2 fully saturated rings. The Kier molecular flexibility index (Phi) is 3.23. The summed E-state index contributed by atoms with van der Waals surface area (Å²) in [6.45, 7) is 5.84. The summed E-state index contributed by atoms with van der Waals surface area (Å²) in [7, 11) is 0. The van der Waals surface area contributed by atoms with Crippen LogP contribution in [0.5, 0.6) is 0 Å². The highest BCUT2D eigenvalue weighted by atomic mass is 16.4. The second-order valence-electron chi connectivity index (χ2n) is 6.66. The molecule has 0 unspecified atom stereocenters. The fourth-order valence-corrected chi connectivity index (χ4v) is 4.00. The number of benzene rings is 1. The van der Waals surface area contributed by atoms with Gasteiger partial charge in [-0.15, -0.1) is 0 Å². The molecule has 3 heteroatoms. The van der Waals surface area contributed by atoms with Gasteiger partial charge in [-0.1, -0.05) is 18.2 Å². The molecule has 0 atom stereocenters. The number of hydrogen-bond donors (Lipinski definition) is 1. The maximum atomic E-state index is 11.0. The Hall–Kier alpha value is -1.51. The van der Waals surface area contributed by atoms with Crippen LogP contribution in [-0.4, -0.2) is 29.2 Å². The molecule has 0 bridgehead atoms. The van der Waals surface area contributed by atoms with Crippen molar-refractivity contribution < 1.29 is 9.90 Å². The quantitative estimate of drug-likeness (QED) is 0.842. The Bertz CT molecular complexity index is 522. The smallest absolute Gasteiger partial charge is 0.407 e. The molecule has 3 rings (SSSR count). The molecular weight excluding hydrogens is 250 g/mol. The lowest BCUT2D eigenvalue weighted by Crippen LogP contribution is -2.47. The van der Waals surface area contributed by atoms with Crippen molar-refractivity contribution in [3.8, 4) is 0 Å². The first-order chi connectivity index (χ1) is 9.51. The van der Waals surface area contributed by atoms with E-state index in [1.165, 1.54) is 29.5 Å². The predicted octanol–water partition coefficient (Wildman–Crippen LogP) is 3.94. The molecule has 0 aromatic heterocycles. The summed E-state index contributed by atoms with van der Waals surface area (Å²) >= 11 is 0. The largest absolute Gasteiger partial charge is 0.465 e. The van der Waals surface area contributed by atoms with E-state index in [2.05, 4.69) is 32.0 Å². The van der Waals surface area contributed by atoms with Gasteiger partial charge in [-0.3, -0.25) is 0 Å². The third-order valence-electron chi connectivity index (χ3n) is 5.54. The first kappa shape index (κ1) is 13.5. The van der Waals surface area contributed by atoms with E-state index in [-0.39, 0.29) is 0 Å². The van der Waals surface area contributed by atoms with Crippen molar-refractivity contribution >= 4 is 6.09 Å². The standard InChI is InChI=1S/C17H23NO2/c1-12-4-3-5-15(13(12)2)14-10-17(11-14)6-8-18(9-7-17)16(19)20/h3-5,14H,6-11H2,1-2H3,(H,19,20). The molecular formula is C17H23NO2. The number of amides is 1. The molecule has 2 aliphatic rings. The molecule has 1 saturated carbocycles. The third kappa shape index (κ3) is 2.19. The van der Waals surface area contributed by atoms with Crippen LogP contribution in [0.1, 0.15) is 48.3 Å². The minimum Gasteiger partial charge on any atom is -0.465 e. The predicted molar refractivity (Wildman–Crippen MR) is 79.2 cm³/mol. The van der Waals surface area contributed by atoms with E-state index in [0.29, 0.717) is 11.3 Å². The van der Waals surface area contributed by atoms with Gasteiger partial charge >= 0.3 is 6.09 Å². The van der Waals surface area contributed by atoms with Crippen LogP contribution in [-0.2, 0) is 0 Å². The van der Waals surface area contributed by atoms with Crippen LogP contribution < -0.4 is 0 Å². The van der Waals surface area contributed by atoms with Crippen LogP contribution in [0.15, 0.2) is 18.2 Å². The molecule has 1 saturated heterocycles. The van der Waals surface area contributed by atoms with E-state index in [9.17, 15) is 4.79 Å². The first-order valence-electron chi connectivity index (χ1n) is 7.55. The molecule has 1 aromatic carbocycles. The van der Waals surface area contributed by atoms with E-state index in [1.807, 2.05) is 0 Å². The Morgan fingerprint density at radius 3 is 2.50 bits per heavy atom. The maximum absolute atomic E-state index is 11.0. The first-order valence-corrected chi connectivity index (χ1v) is 7.55. The van der Waals surface area contributed by atoms with Gasteiger partial charge in [0.25, 0.3) is 0 Å². The lowest BCUT2D eigenvalue weighted by Gasteiger charge is -2.52. The third-order valence-corrected chi connectivity index (χ3v) is 5.54. The van der Waals surface area contributed by atoms with Crippen LogP contribution >= 0.6 is 0 Å². The minimum absolute atomic E-state index is 0.423. The van der Waals surface area contributed by atoms with Gasteiger partial charge in [0.05, 0.1) is 0 Å². The van der Waals surface area contributed by atoms with Crippen molar-refractivity contribution in [2.24, 2.45) is 5.41 Å². The van der Waals surface area contributed by atoms with Gasteiger partial charge in [-0.05, 0) is 67.6 Å². The summed E-state index contributed by atoms with van der Waals surface area (Å²) in [5.41, 5.74) is 4.75.